The third-order valence-electron chi connectivity index (χ3n) is 6.38. The summed E-state index contributed by atoms with van der Waals surface area (Å²) < 4.78 is 52.4. The zero-order valence-electron chi connectivity index (χ0n) is 19.9. The molecule has 0 fully saturated rings. The molecule has 2 heterocycles. The van der Waals surface area contributed by atoms with Crippen molar-refractivity contribution in [3.8, 4) is 17.2 Å². The van der Waals surface area contributed by atoms with Crippen molar-refractivity contribution in [3.05, 3.63) is 80.9 Å². The van der Waals surface area contributed by atoms with Crippen LogP contribution in [-0.2, 0) is 20.9 Å². The molecule has 1 aromatic heterocycles. The van der Waals surface area contributed by atoms with Crippen molar-refractivity contribution >= 4 is 11.8 Å². The minimum absolute atomic E-state index is 0.00582. The van der Waals surface area contributed by atoms with Crippen molar-refractivity contribution in [2.75, 3.05) is 7.11 Å². The lowest BCUT2D eigenvalue weighted by Crippen LogP contribution is -2.14. The largest absolute Gasteiger partial charge is 0.507 e. The summed E-state index contributed by atoms with van der Waals surface area (Å²) in [5, 5.41) is 33.0. The van der Waals surface area contributed by atoms with Crippen LogP contribution in [0, 0.1) is 24.4 Å². The molecule has 0 radical (unpaired) electrons. The van der Waals surface area contributed by atoms with Gasteiger partial charge in [0.1, 0.15) is 23.4 Å². The maximum Gasteiger partial charge on any atom is 0.306 e. The average Bonchev–Trinajstić information content (AvgIpc) is 3.28. The van der Waals surface area contributed by atoms with Gasteiger partial charge in [0.05, 0.1) is 31.4 Å². The Kier molecular flexibility index (Phi) is 6.83. The molecule has 3 aromatic rings. The van der Waals surface area contributed by atoms with Crippen LogP contribution >= 0.6 is 0 Å². The van der Waals surface area contributed by atoms with Gasteiger partial charge in [-0.15, -0.1) is 0 Å². The first-order valence-corrected chi connectivity index (χ1v) is 11.1. The van der Waals surface area contributed by atoms with Gasteiger partial charge >= 0.3 is 5.97 Å². The van der Waals surface area contributed by atoms with E-state index in [1.165, 1.54) is 12.3 Å². The van der Waals surface area contributed by atoms with Gasteiger partial charge in [0, 0.05) is 34.4 Å². The summed E-state index contributed by atoms with van der Waals surface area (Å²) in [6, 6.07) is 2.41. The number of esters is 1. The number of benzene rings is 2. The van der Waals surface area contributed by atoms with E-state index in [9.17, 15) is 38.1 Å². The van der Waals surface area contributed by atoms with E-state index >= 15 is 0 Å². The number of ether oxygens (including phenoxy) is 2. The maximum atomic E-state index is 14.2. The molecule has 1 aliphatic heterocycles. The van der Waals surface area contributed by atoms with Gasteiger partial charge in [-0.25, -0.2) is 13.2 Å². The molecule has 0 unspecified atom stereocenters. The molecule has 4 rings (SSSR count). The van der Waals surface area contributed by atoms with Gasteiger partial charge < -0.3 is 24.8 Å². The second kappa shape index (κ2) is 9.74. The quantitative estimate of drug-likeness (QED) is 0.249. The SMILES string of the molecule is COC(=O)C[C@H](c1cc(F)c(F)c(F)c1)c1c(O)c(C(C)=O)cc([C@H]2OCc3cnc(C)c(O)c32)c1O. The number of hydrogen-bond donors (Lipinski definition) is 3. The molecule has 2 aromatic carbocycles. The Morgan fingerprint density at radius 2 is 1.76 bits per heavy atom. The van der Waals surface area contributed by atoms with E-state index in [-0.39, 0.29) is 40.3 Å². The highest BCUT2D eigenvalue weighted by Gasteiger charge is 2.36. The monoisotopic (exact) mass is 517 g/mol. The third kappa shape index (κ3) is 4.46. The van der Waals surface area contributed by atoms with Gasteiger partial charge in [-0.05, 0) is 37.6 Å². The van der Waals surface area contributed by atoms with Gasteiger partial charge in [0.2, 0.25) is 0 Å². The molecule has 0 amide bonds. The highest BCUT2D eigenvalue weighted by Crippen LogP contribution is 2.50. The van der Waals surface area contributed by atoms with Crippen molar-refractivity contribution in [1.29, 1.82) is 0 Å². The summed E-state index contributed by atoms with van der Waals surface area (Å²) in [6.07, 6.45) is -0.271. The molecule has 0 saturated carbocycles. The van der Waals surface area contributed by atoms with E-state index in [4.69, 9.17) is 4.74 Å². The molecule has 37 heavy (non-hydrogen) atoms. The Hall–Kier alpha value is -4.12. The lowest BCUT2D eigenvalue weighted by Gasteiger charge is -2.24. The normalized spacial score (nSPS) is 15.4. The summed E-state index contributed by atoms with van der Waals surface area (Å²) in [5.74, 6) is -9.47. The molecule has 0 spiro atoms. The minimum atomic E-state index is -1.75. The Bertz CT molecular complexity index is 1420. The van der Waals surface area contributed by atoms with Crippen LogP contribution < -0.4 is 0 Å². The van der Waals surface area contributed by atoms with Crippen LogP contribution in [0.15, 0.2) is 24.4 Å². The second-order valence-corrected chi connectivity index (χ2v) is 8.63. The van der Waals surface area contributed by atoms with Gasteiger partial charge in [-0.1, -0.05) is 0 Å². The number of pyridine rings is 1. The van der Waals surface area contributed by atoms with E-state index in [0.29, 0.717) is 17.7 Å². The average molecular weight is 517 g/mol. The lowest BCUT2D eigenvalue weighted by molar-refractivity contribution is -0.140. The summed E-state index contributed by atoms with van der Waals surface area (Å²) in [5.41, 5.74) is -0.0212. The number of rotatable bonds is 6. The number of nitrogens with zero attached hydrogens (tertiary/aromatic N) is 1. The zero-order chi connectivity index (χ0) is 27.2. The number of Topliss-reactive ketones (excluding diaryl/α,β-unsaturated/α-hetero) is 1. The number of methoxy groups -OCH3 is 1. The summed E-state index contributed by atoms with van der Waals surface area (Å²) in [7, 11) is 1.06. The summed E-state index contributed by atoms with van der Waals surface area (Å²) >= 11 is 0. The highest BCUT2D eigenvalue weighted by atomic mass is 19.2. The zero-order valence-corrected chi connectivity index (χ0v) is 19.9. The summed E-state index contributed by atoms with van der Waals surface area (Å²) in [4.78, 5) is 28.8. The number of carbonyl (C=O) groups excluding carboxylic acids is 2. The molecular weight excluding hydrogens is 495 g/mol. The van der Waals surface area contributed by atoms with Crippen LogP contribution in [0.4, 0.5) is 13.2 Å². The Morgan fingerprint density at radius 3 is 2.35 bits per heavy atom. The van der Waals surface area contributed by atoms with Gasteiger partial charge in [0.25, 0.3) is 0 Å². The predicted molar refractivity (Wildman–Crippen MR) is 122 cm³/mol. The second-order valence-electron chi connectivity index (χ2n) is 8.63. The van der Waals surface area contributed by atoms with Crippen LogP contribution in [0.1, 0.15) is 69.2 Å². The lowest BCUT2D eigenvalue weighted by atomic mass is 9.83. The Balaban J connectivity index is 2.01. The predicted octanol–water partition coefficient (Wildman–Crippen LogP) is 4.44. The number of aromatic hydroxyl groups is 3. The van der Waals surface area contributed by atoms with Crippen LogP contribution in [-0.4, -0.2) is 39.2 Å². The first kappa shape index (κ1) is 26.0. The first-order chi connectivity index (χ1) is 17.5. The number of fused-ring (bicyclic) bond motifs is 1. The van der Waals surface area contributed by atoms with Gasteiger partial charge in [-0.3, -0.25) is 14.6 Å². The number of halogens is 3. The number of phenolic OH excluding ortho intramolecular Hbond substituents is 2. The smallest absolute Gasteiger partial charge is 0.306 e. The van der Waals surface area contributed by atoms with Crippen LogP contribution in [0.25, 0.3) is 0 Å². The number of ketones is 1. The molecule has 1 aliphatic rings. The van der Waals surface area contributed by atoms with Gasteiger partial charge in [0.15, 0.2) is 23.2 Å². The molecule has 0 saturated heterocycles. The molecule has 11 heteroatoms. The standard InChI is InChI=1S/C26H22F3NO7/c1-10-23(33)20-13(8-30-10)9-37-26(20)16-6-14(11(2)31)24(34)21(25(16)35)15(7-19(32)36-3)12-4-17(27)22(29)18(28)5-12/h4-6,8,15,26,33-35H,7,9H2,1-3H3/t15-,26-/m1/s1. The molecule has 0 aliphatic carbocycles. The first-order valence-electron chi connectivity index (χ1n) is 11.1. The van der Waals surface area contributed by atoms with Crippen molar-refractivity contribution in [2.45, 2.75) is 38.9 Å². The fourth-order valence-electron chi connectivity index (χ4n) is 4.48. The molecular formula is C26H22F3NO7. The topological polar surface area (TPSA) is 126 Å². The molecule has 2 atom stereocenters. The molecule has 8 nitrogen and oxygen atoms in total. The molecule has 194 valence electrons. The molecule has 0 bridgehead atoms. The number of phenols is 2. The number of aryl methyl sites for hydroxylation is 1. The summed E-state index contributed by atoms with van der Waals surface area (Å²) in [6.45, 7) is 2.70. The van der Waals surface area contributed by atoms with Gasteiger partial charge in [-0.2, -0.15) is 0 Å². The highest BCUT2D eigenvalue weighted by molar-refractivity contribution is 5.98. The Morgan fingerprint density at radius 1 is 1.11 bits per heavy atom. The number of hydrogen-bond acceptors (Lipinski definition) is 8. The third-order valence-corrected chi connectivity index (χ3v) is 6.38. The van der Waals surface area contributed by atoms with Crippen molar-refractivity contribution in [1.82, 2.24) is 4.98 Å². The van der Waals surface area contributed by atoms with E-state index in [1.807, 2.05) is 0 Å². The van der Waals surface area contributed by atoms with Crippen LogP contribution in [0.3, 0.4) is 0 Å². The van der Waals surface area contributed by atoms with Crippen molar-refractivity contribution < 1.29 is 47.6 Å². The van der Waals surface area contributed by atoms with E-state index in [0.717, 1.165) is 14.0 Å². The Labute approximate surface area is 208 Å². The van der Waals surface area contributed by atoms with E-state index < -0.39 is 64.7 Å². The molecule has 3 N–H and O–H groups in total. The minimum Gasteiger partial charge on any atom is -0.507 e. The van der Waals surface area contributed by atoms with Crippen molar-refractivity contribution in [2.24, 2.45) is 0 Å². The van der Waals surface area contributed by atoms with Crippen LogP contribution in [0.5, 0.6) is 17.2 Å². The maximum absolute atomic E-state index is 14.2. The number of carbonyl (C=O) groups is 2. The fourth-order valence-corrected chi connectivity index (χ4v) is 4.48. The van der Waals surface area contributed by atoms with E-state index in [1.54, 1.807) is 6.92 Å². The van der Waals surface area contributed by atoms with E-state index in [2.05, 4.69) is 9.72 Å². The number of aromatic nitrogens is 1. The fraction of sp³-hybridized carbons (Fsp3) is 0.269. The van der Waals surface area contributed by atoms with Crippen LogP contribution in [0.2, 0.25) is 0 Å². The van der Waals surface area contributed by atoms with Crippen molar-refractivity contribution in [3.63, 3.8) is 0 Å².